The second-order valence-electron chi connectivity index (χ2n) is 5.49. The molecule has 0 saturated heterocycles. The fraction of sp³-hybridized carbons (Fsp3) is 0.500. The second-order valence-corrected chi connectivity index (χ2v) is 5.49. The Balaban J connectivity index is 2.27. The van der Waals surface area contributed by atoms with Gasteiger partial charge in [0.05, 0.1) is 11.2 Å². The fourth-order valence-corrected chi connectivity index (χ4v) is 2.75. The highest BCUT2D eigenvalue weighted by molar-refractivity contribution is 5.82. The summed E-state index contributed by atoms with van der Waals surface area (Å²) in [5.41, 5.74) is 3.63. The van der Waals surface area contributed by atoms with Crippen molar-refractivity contribution in [2.45, 2.75) is 52.5 Å². The van der Waals surface area contributed by atoms with Crippen LogP contribution >= 0.6 is 0 Å². The number of hydrogen-bond donors (Lipinski definition) is 1. The molecule has 1 N–H and O–H groups in total. The molecule has 1 aromatic carbocycles. The van der Waals surface area contributed by atoms with Gasteiger partial charge in [-0.3, -0.25) is 4.98 Å². The molecule has 0 spiro atoms. The number of rotatable bonds is 7. The van der Waals surface area contributed by atoms with E-state index in [-0.39, 0.29) is 0 Å². The summed E-state index contributed by atoms with van der Waals surface area (Å²) in [6, 6.07) is 11.1. The molecule has 0 aliphatic heterocycles. The van der Waals surface area contributed by atoms with E-state index in [0.29, 0.717) is 6.04 Å². The number of nitrogens with zero attached hydrogens (tertiary/aromatic N) is 1. The Morgan fingerprint density at radius 2 is 1.95 bits per heavy atom. The highest BCUT2D eigenvalue weighted by atomic mass is 14.9. The van der Waals surface area contributed by atoms with Gasteiger partial charge < -0.3 is 5.32 Å². The summed E-state index contributed by atoms with van der Waals surface area (Å²) in [4.78, 5) is 4.87. The van der Waals surface area contributed by atoms with Crippen molar-refractivity contribution in [2.75, 3.05) is 6.54 Å². The molecule has 0 fully saturated rings. The van der Waals surface area contributed by atoms with Gasteiger partial charge in [0, 0.05) is 11.4 Å². The van der Waals surface area contributed by atoms with Crippen molar-refractivity contribution in [3.63, 3.8) is 0 Å². The first kappa shape index (κ1) is 15.0. The van der Waals surface area contributed by atoms with Gasteiger partial charge in [-0.05, 0) is 37.6 Å². The second kappa shape index (κ2) is 7.39. The lowest BCUT2D eigenvalue weighted by molar-refractivity contribution is 0.478. The Morgan fingerprint density at radius 3 is 2.70 bits per heavy atom. The van der Waals surface area contributed by atoms with Gasteiger partial charge in [-0.1, -0.05) is 51.3 Å². The summed E-state index contributed by atoms with van der Waals surface area (Å²) >= 11 is 0. The number of aryl methyl sites for hydroxylation is 1. The van der Waals surface area contributed by atoms with E-state index in [9.17, 15) is 0 Å². The van der Waals surface area contributed by atoms with E-state index < -0.39 is 0 Å². The van der Waals surface area contributed by atoms with Crippen molar-refractivity contribution in [3.8, 4) is 0 Å². The van der Waals surface area contributed by atoms with Crippen molar-refractivity contribution in [1.29, 1.82) is 0 Å². The number of fused-ring (bicyclic) bond motifs is 1. The van der Waals surface area contributed by atoms with Gasteiger partial charge >= 0.3 is 0 Å². The summed E-state index contributed by atoms with van der Waals surface area (Å²) in [7, 11) is 0. The van der Waals surface area contributed by atoms with Gasteiger partial charge in [-0.2, -0.15) is 0 Å². The Labute approximate surface area is 122 Å². The molecule has 1 atom stereocenters. The molecule has 0 bridgehead atoms. The zero-order valence-electron chi connectivity index (χ0n) is 12.9. The minimum atomic E-state index is 0.384. The molecule has 1 aromatic heterocycles. The number of benzene rings is 1. The summed E-state index contributed by atoms with van der Waals surface area (Å²) in [5, 5.41) is 4.85. The van der Waals surface area contributed by atoms with Crippen molar-refractivity contribution in [3.05, 3.63) is 41.6 Å². The lowest BCUT2D eigenvalue weighted by atomic mass is 10.0. The van der Waals surface area contributed by atoms with E-state index >= 15 is 0 Å². The highest BCUT2D eigenvalue weighted by Crippen LogP contribution is 2.24. The van der Waals surface area contributed by atoms with Gasteiger partial charge in [-0.25, -0.2) is 0 Å². The monoisotopic (exact) mass is 270 g/mol. The Bertz CT molecular complexity index is 548. The molecule has 0 saturated carbocycles. The van der Waals surface area contributed by atoms with Gasteiger partial charge in [0.15, 0.2) is 0 Å². The third-order valence-corrected chi connectivity index (χ3v) is 3.85. The van der Waals surface area contributed by atoms with Crippen molar-refractivity contribution < 1.29 is 0 Å². The molecule has 1 unspecified atom stereocenters. The van der Waals surface area contributed by atoms with Gasteiger partial charge in [0.25, 0.3) is 0 Å². The topological polar surface area (TPSA) is 24.9 Å². The number of unbranched alkanes of at least 4 members (excludes halogenated alkanes) is 2. The van der Waals surface area contributed by atoms with Gasteiger partial charge in [-0.15, -0.1) is 0 Å². The van der Waals surface area contributed by atoms with Crippen LogP contribution in [-0.4, -0.2) is 11.5 Å². The van der Waals surface area contributed by atoms with E-state index in [2.05, 4.69) is 56.4 Å². The molecule has 20 heavy (non-hydrogen) atoms. The molecule has 0 radical (unpaired) electrons. The molecule has 0 aliphatic rings. The maximum Gasteiger partial charge on any atom is 0.0708 e. The third kappa shape index (κ3) is 3.57. The lowest BCUT2D eigenvalue weighted by Gasteiger charge is -2.18. The minimum Gasteiger partial charge on any atom is -0.309 e. The maximum absolute atomic E-state index is 4.87. The molecule has 2 nitrogen and oxygen atoms in total. The zero-order valence-corrected chi connectivity index (χ0v) is 12.9. The van der Waals surface area contributed by atoms with Crippen LogP contribution in [0.1, 0.15) is 56.8 Å². The van der Waals surface area contributed by atoms with E-state index in [1.54, 1.807) is 0 Å². The van der Waals surface area contributed by atoms with Crippen LogP contribution in [-0.2, 0) is 0 Å². The van der Waals surface area contributed by atoms with Crippen LogP contribution in [0.15, 0.2) is 30.3 Å². The van der Waals surface area contributed by atoms with Crippen LogP contribution < -0.4 is 5.32 Å². The number of pyridine rings is 1. The molecular weight excluding hydrogens is 244 g/mol. The minimum absolute atomic E-state index is 0.384. The SMILES string of the molecule is CCCCCC(NCC)c1cc(C)c2ccccc2n1. The first-order chi connectivity index (χ1) is 9.76. The molecule has 0 amide bonds. The average Bonchev–Trinajstić information content (AvgIpc) is 2.46. The summed E-state index contributed by atoms with van der Waals surface area (Å²) < 4.78 is 0. The standard InChI is InChI=1S/C18H26N2/c1-4-6-7-12-17(19-5-2)18-13-14(3)15-10-8-9-11-16(15)20-18/h8-11,13,17,19H,4-7,12H2,1-3H3. The molecule has 1 heterocycles. The Hall–Kier alpha value is -1.41. The van der Waals surface area contributed by atoms with Crippen LogP contribution in [0, 0.1) is 6.92 Å². The van der Waals surface area contributed by atoms with Crippen LogP contribution in [0.2, 0.25) is 0 Å². The zero-order chi connectivity index (χ0) is 14.4. The number of aromatic nitrogens is 1. The van der Waals surface area contributed by atoms with Crippen LogP contribution in [0.4, 0.5) is 0 Å². The third-order valence-electron chi connectivity index (χ3n) is 3.85. The van der Waals surface area contributed by atoms with Crippen molar-refractivity contribution in [2.24, 2.45) is 0 Å². The summed E-state index contributed by atoms with van der Waals surface area (Å²) in [5.74, 6) is 0. The number of hydrogen-bond acceptors (Lipinski definition) is 2. The molecule has 108 valence electrons. The predicted molar refractivity (Wildman–Crippen MR) is 87.0 cm³/mol. The van der Waals surface area contributed by atoms with Crippen LogP contribution in [0.3, 0.4) is 0 Å². The highest BCUT2D eigenvalue weighted by Gasteiger charge is 2.13. The smallest absolute Gasteiger partial charge is 0.0708 e. The quantitative estimate of drug-likeness (QED) is 0.733. The molecular formula is C18H26N2. The lowest BCUT2D eigenvalue weighted by Crippen LogP contribution is -2.22. The molecule has 2 heteroatoms. The van der Waals surface area contributed by atoms with Crippen LogP contribution in [0.25, 0.3) is 10.9 Å². The van der Waals surface area contributed by atoms with Crippen molar-refractivity contribution in [1.82, 2.24) is 10.3 Å². The van der Waals surface area contributed by atoms with E-state index in [1.165, 1.54) is 42.3 Å². The number of para-hydroxylation sites is 1. The fourth-order valence-electron chi connectivity index (χ4n) is 2.75. The largest absolute Gasteiger partial charge is 0.309 e. The van der Waals surface area contributed by atoms with Crippen molar-refractivity contribution >= 4 is 10.9 Å². The summed E-state index contributed by atoms with van der Waals surface area (Å²) in [6.45, 7) is 7.59. The molecule has 0 aliphatic carbocycles. The van der Waals surface area contributed by atoms with E-state index in [0.717, 1.165) is 12.1 Å². The van der Waals surface area contributed by atoms with E-state index in [4.69, 9.17) is 4.98 Å². The van der Waals surface area contributed by atoms with Gasteiger partial charge in [0.2, 0.25) is 0 Å². The predicted octanol–water partition coefficient (Wildman–Crippen LogP) is 4.77. The Kier molecular flexibility index (Phi) is 5.54. The molecule has 2 aromatic rings. The normalized spacial score (nSPS) is 12.8. The van der Waals surface area contributed by atoms with E-state index in [1.807, 2.05) is 0 Å². The first-order valence-electron chi connectivity index (χ1n) is 7.86. The maximum atomic E-state index is 4.87. The van der Waals surface area contributed by atoms with Gasteiger partial charge in [0.1, 0.15) is 0 Å². The summed E-state index contributed by atoms with van der Waals surface area (Å²) in [6.07, 6.45) is 5.01. The first-order valence-corrected chi connectivity index (χ1v) is 7.86. The van der Waals surface area contributed by atoms with Crippen LogP contribution in [0.5, 0.6) is 0 Å². The molecule has 2 rings (SSSR count). The average molecular weight is 270 g/mol. The number of nitrogens with one attached hydrogen (secondary N) is 1. The Morgan fingerprint density at radius 1 is 1.15 bits per heavy atom.